The topological polar surface area (TPSA) is 69.3 Å². The molecule has 1 saturated heterocycles. The molecular formula is C30H35BCl2N2O5. The van der Waals surface area contributed by atoms with Crippen molar-refractivity contribution < 1.29 is 23.5 Å². The summed E-state index contributed by atoms with van der Waals surface area (Å²) in [6, 6.07) is 20.1. The van der Waals surface area contributed by atoms with E-state index in [4.69, 9.17) is 41.9 Å². The fourth-order valence-corrected chi connectivity index (χ4v) is 4.94. The lowest BCUT2D eigenvalue weighted by molar-refractivity contribution is 0.0389. The maximum Gasteiger partial charge on any atom is 0.788 e. The van der Waals surface area contributed by atoms with E-state index in [1.54, 1.807) is 24.3 Å². The first kappa shape index (κ1) is 30.1. The van der Waals surface area contributed by atoms with Crippen molar-refractivity contribution in [1.82, 2.24) is 10.2 Å². The van der Waals surface area contributed by atoms with Crippen molar-refractivity contribution in [3.63, 3.8) is 0 Å². The normalized spacial score (nSPS) is 14.3. The molecule has 1 amide bonds. The first-order valence-electron chi connectivity index (χ1n) is 13.5. The number of nitrogens with zero attached hydrogens (tertiary/aromatic N) is 1. The van der Waals surface area contributed by atoms with Gasteiger partial charge in [-0.1, -0.05) is 65.7 Å². The Morgan fingerprint density at radius 3 is 2.05 bits per heavy atom. The zero-order chi connectivity index (χ0) is 28.5. The van der Waals surface area contributed by atoms with Crippen LogP contribution < -0.4 is 14.6 Å². The molecule has 0 aromatic heterocycles. The Morgan fingerprint density at radius 1 is 0.950 bits per heavy atom. The van der Waals surface area contributed by atoms with Crippen molar-refractivity contribution in [1.29, 1.82) is 0 Å². The third-order valence-corrected chi connectivity index (χ3v) is 7.66. The highest BCUT2D eigenvalue weighted by molar-refractivity contribution is 6.39. The highest BCUT2D eigenvalue weighted by atomic mass is 35.5. The molecule has 10 heteroatoms. The van der Waals surface area contributed by atoms with E-state index in [0.29, 0.717) is 21.5 Å². The molecule has 1 unspecified atom stereocenters. The Hall–Kier alpha value is -2.91. The molecule has 1 atom stereocenters. The number of hydrogen-bond donors (Lipinski definition) is 1. The molecule has 3 aromatic carbocycles. The van der Waals surface area contributed by atoms with Gasteiger partial charge < -0.3 is 24.0 Å². The van der Waals surface area contributed by atoms with E-state index in [2.05, 4.69) is 5.32 Å². The van der Waals surface area contributed by atoms with Crippen LogP contribution in [0.1, 0.15) is 42.5 Å². The van der Waals surface area contributed by atoms with Crippen LogP contribution in [0.3, 0.4) is 0 Å². The highest BCUT2D eigenvalue weighted by Gasteiger charge is 2.37. The van der Waals surface area contributed by atoms with Crippen LogP contribution in [-0.2, 0) is 9.39 Å². The van der Waals surface area contributed by atoms with Crippen LogP contribution >= 0.6 is 23.2 Å². The Labute approximate surface area is 246 Å². The van der Waals surface area contributed by atoms with Crippen molar-refractivity contribution in [3.8, 4) is 11.5 Å². The van der Waals surface area contributed by atoms with Crippen molar-refractivity contribution in [3.05, 3.63) is 93.5 Å². The molecule has 0 bridgehead atoms. The summed E-state index contributed by atoms with van der Waals surface area (Å²) >= 11 is 12.7. The summed E-state index contributed by atoms with van der Waals surface area (Å²) in [7, 11) is -1.15. The maximum absolute atomic E-state index is 13.4. The van der Waals surface area contributed by atoms with Gasteiger partial charge in [0, 0.05) is 16.1 Å². The van der Waals surface area contributed by atoms with Gasteiger partial charge in [0.05, 0.1) is 19.3 Å². The molecule has 7 nitrogen and oxygen atoms in total. The number of halogens is 2. The molecule has 0 aliphatic carbocycles. The standard InChI is InChI=1S/C30H35BCl2N2O5/c1-4-37-30(36)35(24-14-16-34-17-15-24)29(23-8-6-5-7-9-23)20-38-31(39-25-12-10-21(2)27(32)18-25)40-26-13-11-22(3)28(33)19-26/h5-13,18-19,24,29,34H,4,14-17,20H2,1-3H3. The first-order valence-corrected chi connectivity index (χ1v) is 14.3. The molecule has 0 spiro atoms. The average molecular weight is 585 g/mol. The van der Waals surface area contributed by atoms with Crippen molar-refractivity contribution in [2.75, 3.05) is 26.3 Å². The van der Waals surface area contributed by atoms with E-state index in [9.17, 15) is 4.79 Å². The highest BCUT2D eigenvalue weighted by Crippen LogP contribution is 2.30. The Balaban J connectivity index is 1.63. The second-order valence-corrected chi connectivity index (χ2v) is 10.5. The number of rotatable bonds is 11. The SMILES string of the molecule is CCOC(=O)N(C1CCNCC1)C(COB(Oc1ccc(C)c(Cl)c1)Oc1ccc(C)c(Cl)c1)c1ccccc1. The number of carbonyl (C=O) groups is 1. The summed E-state index contributed by atoms with van der Waals surface area (Å²) in [6.07, 6.45) is 1.24. The molecular weight excluding hydrogens is 550 g/mol. The van der Waals surface area contributed by atoms with Crippen LogP contribution in [0.15, 0.2) is 66.7 Å². The molecule has 40 heavy (non-hydrogen) atoms. The lowest BCUT2D eigenvalue weighted by Gasteiger charge is -2.39. The lowest BCUT2D eigenvalue weighted by atomic mass is 9.99. The maximum atomic E-state index is 13.4. The van der Waals surface area contributed by atoms with Gasteiger partial charge in [-0.15, -0.1) is 0 Å². The van der Waals surface area contributed by atoms with Gasteiger partial charge in [-0.05, 0) is 87.7 Å². The summed E-state index contributed by atoms with van der Waals surface area (Å²) in [5.74, 6) is 0.964. The molecule has 3 aromatic rings. The van der Waals surface area contributed by atoms with Crippen LogP contribution in [-0.4, -0.2) is 50.7 Å². The number of aryl methyl sites for hydroxylation is 2. The lowest BCUT2D eigenvalue weighted by Crippen LogP contribution is -2.50. The van der Waals surface area contributed by atoms with E-state index in [1.807, 2.05) is 68.1 Å². The minimum atomic E-state index is -1.15. The quantitative estimate of drug-likeness (QED) is 0.244. The largest absolute Gasteiger partial charge is 0.788 e. The molecule has 0 saturated carbocycles. The zero-order valence-electron chi connectivity index (χ0n) is 23.1. The van der Waals surface area contributed by atoms with E-state index < -0.39 is 13.4 Å². The van der Waals surface area contributed by atoms with Crippen LogP contribution in [0.5, 0.6) is 11.5 Å². The van der Waals surface area contributed by atoms with Crippen molar-refractivity contribution in [2.24, 2.45) is 0 Å². The van der Waals surface area contributed by atoms with Gasteiger partial charge in [-0.2, -0.15) is 0 Å². The minimum Gasteiger partial charge on any atom is -0.501 e. The smallest absolute Gasteiger partial charge is 0.501 e. The Kier molecular flexibility index (Phi) is 11.0. The molecule has 0 radical (unpaired) electrons. The number of nitrogens with one attached hydrogen (secondary N) is 1. The molecule has 1 aliphatic rings. The van der Waals surface area contributed by atoms with E-state index >= 15 is 0 Å². The Bertz CT molecular complexity index is 1210. The number of amides is 1. The number of ether oxygens (including phenoxy) is 1. The number of carbonyl (C=O) groups excluding carboxylic acids is 1. The number of hydrogen-bond acceptors (Lipinski definition) is 6. The molecule has 1 N–H and O–H groups in total. The first-order chi connectivity index (χ1) is 19.4. The van der Waals surface area contributed by atoms with Crippen LogP contribution in [0.25, 0.3) is 0 Å². The number of piperidine rings is 1. The van der Waals surface area contributed by atoms with Gasteiger partial charge in [0.2, 0.25) is 0 Å². The second kappa shape index (κ2) is 14.6. The van der Waals surface area contributed by atoms with E-state index in [-0.39, 0.29) is 25.3 Å². The molecule has 1 aliphatic heterocycles. The van der Waals surface area contributed by atoms with Crippen LogP contribution in [0.2, 0.25) is 10.0 Å². The fraction of sp³-hybridized carbons (Fsp3) is 0.367. The summed E-state index contributed by atoms with van der Waals surface area (Å²) in [5.41, 5.74) is 2.77. The third kappa shape index (κ3) is 8.07. The summed E-state index contributed by atoms with van der Waals surface area (Å²) in [5, 5.41) is 4.50. The second-order valence-electron chi connectivity index (χ2n) is 9.69. The van der Waals surface area contributed by atoms with Gasteiger partial charge in [0.1, 0.15) is 11.5 Å². The predicted molar refractivity (Wildman–Crippen MR) is 159 cm³/mol. The van der Waals surface area contributed by atoms with Crippen molar-refractivity contribution >= 4 is 36.6 Å². The summed E-state index contributed by atoms with van der Waals surface area (Å²) in [4.78, 5) is 15.2. The summed E-state index contributed by atoms with van der Waals surface area (Å²) < 4.78 is 24.1. The van der Waals surface area contributed by atoms with Gasteiger partial charge in [0.15, 0.2) is 0 Å². The van der Waals surface area contributed by atoms with Gasteiger partial charge in [0.25, 0.3) is 0 Å². The van der Waals surface area contributed by atoms with E-state index in [0.717, 1.165) is 42.6 Å². The molecule has 1 heterocycles. The van der Waals surface area contributed by atoms with Crippen LogP contribution in [0.4, 0.5) is 4.79 Å². The third-order valence-electron chi connectivity index (χ3n) is 6.84. The molecule has 4 rings (SSSR count). The van der Waals surface area contributed by atoms with Crippen molar-refractivity contribution in [2.45, 2.75) is 45.7 Å². The fourth-order valence-electron chi connectivity index (χ4n) is 4.60. The summed E-state index contributed by atoms with van der Waals surface area (Å²) in [6.45, 7) is 7.65. The Morgan fingerprint density at radius 2 is 1.52 bits per heavy atom. The minimum absolute atomic E-state index is 0.0128. The number of benzene rings is 3. The monoisotopic (exact) mass is 584 g/mol. The molecule has 1 fully saturated rings. The van der Waals surface area contributed by atoms with E-state index in [1.165, 1.54) is 0 Å². The van der Waals surface area contributed by atoms with Gasteiger partial charge in [-0.3, -0.25) is 4.90 Å². The van der Waals surface area contributed by atoms with Gasteiger partial charge >= 0.3 is 13.4 Å². The van der Waals surface area contributed by atoms with Crippen LogP contribution in [0, 0.1) is 13.8 Å². The molecule has 212 valence electrons. The van der Waals surface area contributed by atoms with Gasteiger partial charge in [-0.25, -0.2) is 4.79 Å². The predicted octanol–water partition coefficient (Wildman–Crippen LogP) is 7.02. The average Bonchev–Trinajstić information content (AvgIpc) is 2.96. The zero-order valence-corrected chi connectivity index (χ0v) is 24.6.